The highest BCUT2D eigenvalue weighted by molar-refractivity contribution is 6.34. The fourth-order valence-corrected chi connectivity index (χ4v) is 2.42. The molecule has 1 heterocycles. The van der Waals surface area contributed by atoms with E-state index in [4.69, 9.17) is 9.84 Å². The standard InChI is InChI=1S/C16H11NO6/c1-23-9-3-4-10-11(7-9)15(20)17(14(10)19)8-2-5-13(18)12(6-8)16(21)22/h2-7,18H,1H3,(H,21,22). The molecule has 0 saturated carbocycles. The number of amides is 2. The number of carboxylic acids is 1. The summed E-state index contributed by atoms with van der Waals surface area (Å²) in [4.78, 5) is 36.9. The average Bonchev–Trinajstić information content (AvgIpc) is 2.79. The van der Waals surface area contributed by atoms with E-state index in [2.05, 4.69) is 0 Å². The Kier molecular flexibility index (Phi) is 3.25. The van der Waals surface area contributed by atoms with E-state index < -0.39 is 29.1 Å². The fourth-order valence-electron chi connectivity index (χ4n) is 2.42. The van der Waals surface area contributed by atoms with Gasteiger partial charge in [-0.1, -0.05) is 0 Å². The van der Waals surface area contributed by atoms with Crippen LogP contribution in [-0.4, -0.2) is 35.1 Å². The van der Waals surface area contributed by atoms with Crippen LogP contribution < -0.4 is 9.64 Å². The first-order valence-electron chi connectivity index (χ1n) is 6.57. The number of carboxylic acid groups (broad SMARTS) is 1. The van der Waals surface area contributed by atoms with E-state index in [1.54, 1.807) is 6.07 Å². The molecule has 0 saturated heterocycles. The summed E-state index contributed by atoms with van der Waals surface area (Å²) in [6.07, 6.45) is 0. The molecule has 2 amide bonds. The largest absolute Gasteiger partial charge is 0.507 e. The Bertz CT molecular complexity index is 858. The first-order valence-corrected chi connectivity index (χ1v) is 6.57. The van der Waals surface area contributed by atoms with Gasteiger partial charge in [0.1, 0.15) is 17.1 Å². The van der Waals surface area contributed by atoms with Crippen LogP contribution in [0.25, 0.3) is 0 Å². The van der Waals surface area contributed by atoms with Crippen molar-refractivity contribution in [3.63, 3.8) is 0 Å². The molecule has 2 N–H and O–H groups in total. The summed E-state index contributed by atoms with van der Waals surface area (Å²) in [5.74, 6) is -2.51. The molecule has 2 aromatic rings. The van der Waals surface area contributed by atoms with Gasteiger partial charge >= 0.3 is 5.97 Å². The molecule has 0 aromatic heterocycles. The Morgan fingerprint density at radius 3 is 2.39 bits per heavy atom. The van der Waals surface area contributed by atoms with Gasteiger partial charge in [0.15, 0.2) is 0 Å². The normalized spacial score (nSPS) is 13.2. The number of carbonyl (C=O) groups excluding carboxylic acids is 2. The van der Waals surface area contributed by atoms with E-state index in [0.29, 0.717) is 5.75 Å². The molecule has 116 valence electrons. The van der Waals surface area contributed by atoms with E-state index >= 15 is 0 Å². The highest BCUT2D eigenvalue weighted by Gasteiger charge is 2.37. The van der Waals surface area contributed by atoms with Crippen LogP contribution in [0, 0.1) is 0 Å². The van der Waals surface area contributed by atoms with Gasteiger partial charge in [0, 0.05) is 0 Å². The summed E-state index contributed by atoms with van der Waals surface area (Å²) in [7, 11) is 1.44. The van der Waals surface area contributed by atoms with Crippen LogP contribution in [0.2, 0.25) is 0 Å². The summed E-state index contributed by atoms with van der Waals surface area (Å²) < 4.78 is 5.04. The maximum atomic E-state index is 12.5. The van der Waals surface area contributed by atoms with E-state index in [-0.39, 0.29) is 16.8 Å². The van der Waals surface area contributed by atoms with Gasteiger partial charge in [0.05, 0.1) is 23.9 Å². The van der Waals surface area contributed by atoms with E-state index in [1.165, 1.54) is 25.3 Å². The molecule has 0 radical (unpaired) electrons. The predicted molar refractivity (Wildman–Crippen MR) is 79.2 cm³/mol. The van der Waals surface area contributed by atoms with Crippen LogP contribution in [0.5, 0.6) is 11.5 Å². The van der Waals surface area contributed by atoms with Gasteiger partial charge < -0.3 is 14.9 Å². The lowest BCUT2D eigenvalue weighted by Gasteiger charge is -2.14. The minimum Gasteiger partial charge on any atom is -0.507 e. The van der Waals surface area contributed by atoms with Crippen molar-refractivity contribution >= 4 is 23.5 Å². The average molecular weight is 313 g/mol. The Hall–Kier alpha value is -3.35. The summed E-state index contributed by atoms with van der Waals surface area (Å²) in [5.41, 5.74) is 0.0713. The maximum Gasteiger partial charge on any atom is 0.339 e. The number of carbonyl (C=O) groups is 3. The molecule has 1 aliphatic heterocycles. The number of benzene rings is 2. The van der Waals surface area contributed by atoms with Crippen molar-refractivity contribution in [2.45, 2.75) is 0 Å². The van der Waals surface area contributed by atoms with Crippen molar-refractivity contribution in [2.24, 2.45) is 0 Å². The number of nitrogens with zero attached hydrogens (tertiary/aromatic N) is 1. The number of anilines is 1. The van der Waals surface area contributed by atoms with Gasteiger partial charge in [-0.2, -0.15) is 0 Å². The molecule has 0 unspecified atom stereocenters. The molecule has 7 nitrogen and oxygen atoms in total. The SMILES string of the molecule is COc1ccc2c(c1)C(=O)N(c1ccc(O)c(C(=O)O)c1)C2=O. The molecule has 0 atom stereocenters. The Balaban J connectivity index is 2.09. The van der Waals surface area contributed by atoms with Gasteiger partial charge in [0.2, 0.25) is 0 Å². The third-order valence-electron chi connectivity index (χ3n) is 3.56. The van der Waals surface area contributed by atoms with Gasteiger partial charge in [-0.15, -0.1) is 0 Å². The Morgan fingerprint density at radius 1 is 1.04 bits per heavy atom. The number of methoxy groups -OCH3 is 1. The Morgan fingerprint density at radius 2 is 1.74 bits per heavy atom. The van der Waals surface area contributed by atoms with E-state index in [9.17, 15) is 19.5 Å². The number of phenols is 1. The second-order valence-corrected chi connectivity index (χ2v) is 4.86. The van der Waals surface area contributed by atoms with Crippen molar-refractivity contribution in [2.75, 3.05) is 12.0 Å². The zero-order valence-corrected chi connectivity index (χ0v) is 11.9. The second-order valence-electron chi connectivity index (χ2n) is 4.86. The molecule has 3 rings (SSSR count). The number of rotatable bonds is 3. The quantitative estimate of drug-likeness (QED) is 0.839. The van der Waals surface area contributed by atoms with Crippen LogP contribution in [0.3, 0.4) is 0 Å². The van der Waals surface area contributed by atoms with Gasteiger partial charge in [0.25, 0.3) is 11.8 Å². The molecule has 23 heavy (non-hydrogen) atoms. The van der Waals surface area contributed by atoms with Crippen molar-refractivity contribution in [1.82, 2.24) is 0 Å². The maximum absolute atomic E-state index is 12.5. The molecular formula is C16H11NO6. The van der Waals surface area contributed by atoms with Crippen molar-refractivity contribution in [1.29, 1.82) is 0 Å². The van der Waals surface area contributed by atoms with Crippen LogP contribution in [-0.2, 0) is 0 Å². The van der Waals surface area contributed by atoms with Crippen molar-refractivity contribution in [3.05, 3.63) is 53.1 Å². The number of aromatic hydroxyl groups is 1. The third kappa shape index (κ3) is 2.18. The van der Waals surface area contributed by atoms with Gasteiger partial charge in [-0.05, 0) is 36.4 Å². The van der Waals surface area contributed by atoms with Crippen LogP contribution in [0.15, 0.2) is 36.4 Å². The summed E-state index contributed by atoms with van der Waals surface area (Å²) >= 11 is 0. The minimum atomic E-state index is -1.36. The number of fused-ring (bicyclic) bond motifs is 1. The van der Waals surface area contributed by atoms with Crippen LogP contribution in [0.1, 0.15) is 31.1 Å². The van der Waals surface area contributed by atoms with Gasteiger partial charge in [-0.25, -0.2) is 9.69 Å². The molecule has 0 aliphatic carbocycles. The molecule has 0 fully saturated rings. The lowest BCUT2D eigenvalue weighted by Crippen LogP contribution is -2.29. The number of ether oxygens (including phenoxy) is 1. The summed E-state index contributed by atoms with van der Waals surface area (Å²) in [6.45, 7) is 0. The smallest absolute Gasteiger partial charge is 0.339 e. The monoisotopic (exact) mass is 313 g/mol. The molecule has 1 aliphatic rings. The first-order chi connectivity index (χ1) is 10.9. The molecular weight excluding hydrogens is 302 g/mol. The fraction of sp³-hybridized carbons (Fsp3) is 0.0625. The van der Waals surface area contributed by atoms with Crippen molar-refractivity contribution in [3.8, 4) is 11.5 Å². The summed E-state index contributed by atoms with van der Waals surface area (Å²) in [5, 5.41) is 18.6. The number of imide groups is 1. The lowest BCUT2D eigenvalue weighted by atomic mass is 10.1. The van der Waals surface area contributed by atoms with E-state index in [0.717, 1.165) is 17.0 Å². The Labute approximate surface area is 130 Å². The van der Waals surface area contributed by atoms with Crippen LogP contribution in [0.4, 0.5) is 5.69 Å². The zero-order chi connectivity index (χ0) is 16.7. The predicted octanol–water partition coefficient (Wildman–Crippen LogP) is 1.90. The van der Waals surface area contributed by atoms with Crippen molar-refractivity contribution < 1.29 is 29.3 Å². The number of aromatic carboxylic acids is 1. The molecule has 0 spiro atoms. The molecule has 7 heteroatoms. The topological polar surface area (TPSA) is 104 Å². The van der Waals surface area contributed by atoms with E-state index in [1.807, 2.05) is 0 Å². The van der Waals surface area contributed by atoms with Gasteiger partial charge in [-0.3, -0.25) is 9.59 Å². The lowest BCUT2D eigenvalue weighted by molar-refractivity contribution is 0.0692. The third-order valence-corrected chi connectivity index (χ3v) is 3.56. The molecule has 0 bridgehead atoms. The first kappa shape index (κ1) is 14.6. The minimum absolute atomic E-state index is 0.0744. The number of hydrogen-bond acceptors (Lipinski definition) is 5. The number of hydrogen-bond donors (Lipinski definition) is 2. The highest BCUT2D eigenvalue weighted by atomic mass is 16.5. The second kappa shape index (κ2) is 5.13. The summed E-state index contributed by atoms with van der Waals surface area (Å²) in [6, 6.07) is 8.01. The molecule has 2 aromatic carbocycles. The van der Waals surface area contributed by atoms with Crippen LogP contribution >= 0.6 is 0 Å². The highest BCUT2D eigenvalue weighted by Crippen LogP contribution is 2.32. The zero-order valence-electron chi connectivity index (χ0n) is 11.9.